The molecule has 0 aromatic carbocycles. The maximum atomic E-state index is 11.5. The zero-order valence-electron chi connectivity index (χ0n) is 11.2. The van der Waals surface area contributed by atoms with Gasteiger partial charge in [-0.25, -0.2) is 14.6 Å². The summed E-state index contributed by atoms with van der Waals surface area (Å²) >= 11 is 0. The number of hydrogen-bond donors (Lipinski definition) is 5. The average Bonchev–Trinajstić information content (AvgIpc) is 2.90. The van der Waals surface area contributed by atoms with E-state index in [9.17, 15) is 14.4 Å². The minimum absolute atomic E-state index is 0.0843. The van der Waals surface area contributed by atoms with Crippen LogP contribution in [0.2, 0.25) is 0 Å². The number of nitrogens with zero attached hydrogens (tertiary/aromatic N) is 1. The Morgan fingerprint density at radius 3 is 2.81 bits per heavy atom. The molecule has 0 saturated heterocycles. The number of aliphatic carboxylic acids is 1. The zero-order valence-corrected chi connectivity index (χ0v) is 11.2. The van der Waals surface area contributed by atoms with Crippen molar-refractivity contribution in [3.8, 4) is 0 Å². The van der Waals surface area contributed by atoms with Crippen molar-refractivity contribution in [2.45, 2.75) is 12.5 Å². The number of carbonyl (C=O) groups excluding carboxylic acids is 2. The molecule has 1 aromatic rings. The second-order valence-electron chi connectivity index (χ2n) is 4.09. The Morgan fingerprint density at radius 1 is 1.48 bits per heavy atom. The van der Waals surface area contributed by atoms with E-state index in [-0.39, 0.29) is 26.2 Å². The predicted molar refractivity (Wildman–Crippen MR) is 70.3 cm³/mol. The van der Waals surface area contributed by atoms with Gasteiger partial charge in [-0.3, -0.25) is 4.79 Å². The first kappa shape index (κ1) is 16.4. The lowest BCUT2D eigenvalue weighted by Gasteiger charge is -2.14. The summed E-state index contributed by atoms with van der Waals surface area (Å²) < 4.78 is 4.84. The molecule has 0 unspecified atom stereocenters. The molecule has 21 heavy (non-hydrogen) atoms. The number of aromatic amines is 1. The van der Waals surface area contributed by atoms with Gasteiger partial charge in [0.1, 0.15) is 12.6 Å². The zero-order chi connectivity index (χ0) is 15.7. The number of carboxylic acid groups (broad SMARTS) is 1. The van der Waals surface area contributed by atoms with Crippen LogP contribution in [0.25, 0.3) is 0 Å². The molecule has 0 aliphatic rings. The number of amides is 3. The highest BCUT2D eigenvalue weighted by molar-refractivity contribution is 5.82. The fourth-order valence-electron chi connectivity index (χ4n) is 1.44. The molecule has 0 spiro atoms. The molecule has 1 aromatic heterocycles. The highest BCUT2D eigenvalue weighted by Crippen LogP contribution is 1.98. The summed E-state index contributed by atoms with van der Waals surface area (Å²) in [6.07, 6.45) is 2.98. The number of urea groups is 1. The number of aromatic nitrogens is 2. The van der Waals surface area contributed by atoms with E-state index in [2.05, 4.69) is 20.6 Å². The van der Waals surface area contributed by atoms with Crippen LogP contribution in [0, 0.1) is 0 Å². The number of imidazole rings is 1. The summed E-state index contributed by atoms with van der Waals surface area (Å²) in [4.78, 5) is 39.5. The lowest BCUT2D eigenvalue weighted by molar-refractivity contribution is -0.139. The molecule has 0 saturated carbocycles. The van der Waals surface area contributed by atoms with Gasteiger partial charge in [-0.05, 0) is 0 Å². The number of ether oxygens (including phenoxy) is 1. The molecular weight excluding hydrogens is 282 g/mol. The van der Waals surface area contributed by atoms with E-state index in [1.54, 1.807) is 0 Å². The van der Waals surface area contributed by atoms with Gasteiger partial charge in [-0.15, -0.1) is 0 Å². The second-order valence-corrected chi connectivity index (χ2v) is 4.09. The van der Waals surface area contributed by atoms with Gasteiger partial charge in [0.15, 0.2) is 0 Å². The van der Waals surface area contributed by atoms with Crippen molar-refractivity contribution >= 4 is 17.9 Å². The molecule has 0 bridgehead atoms. The van der Waals surface area contributed by atoms with Crippen molar-refractivity contribution in [1.29, 1.82) is 0 Å². The quantitative estimate of drug-likeness (QED) is 0.338. The van der Waals surface area contributed by atoms with Crippen molar-refractivity contribution < 1.29 is 24.2 Å². The van der Waals surface area contributed by atoms with Crippen molar-refractivity contribution in [2.75, 3.05) is 19.8 Å². The lowest BCUT2D eigenvalue weighted by atomic mass is 10.2. The van der Waals surface area contributed by atoms with Crippen LogP contribution < -0.4 is 16.4 Å². The molecule has 0 fully saturated rings. The van der Waals surface area contributed by atoms with Crippen LogP contribution in [0.5, 0.6) is 0 Å². The molecule has 1 rings (SSSR count). The summed E-state index contributed by atoms with van der Waals surface area (Å²) in [6.45, 7) is -0.0228. The molecule has 10 heteroatoms. The number of hydrogen-bond acceptors (Lipinski definition) is 5. The third-order valence-corrected chi connectivity index (χ3v) is 2.36. The number of carbonyl (C=O) groups is 3. The van der Waals surface area contributed by atoms with E-state index in [0.717, 1.165) is 0 Å². The molecule has 10 nitrogen and oxygen atoms in total. The molecule has 116 valence electrons. The third kappa shape index (κ3) is 6.92. The van der Waals surface area contributed by atoms with E-state index in [4.69, 9.17) is 15.6 Å². The maximum Gasteiger partial charge on any atom is 0.326 e. The highest BCUT2D eigenvalue weighted by Gasteiger charge is 2.20. The number of nitrogens with one attached hydrogen (secondary N) is 3. The normalized spacial score (nSPS) is 11.6. The number of primary amides is 1. The van der Waals surface area contributed by atoms with Gasteiger partial charge < -0.3 is 31.2 Å². The van der Waals surface area contributed by atoms with Crippen molar-refractivity contribution in [2.24, 2.45) is 5.73 Å². The highest BCUT2D eigenvalue weighted by atomic mass is 16.5. The predicted octanol–water partition coefficient (Wildman–Crippen LogP) is -1.79. The Morgan fingerprint density at radius 2 is 2.24 bits per heavy atom. The van der Waals surface area contributed by atoms with Crippen molar-refractivity contribution in [3.05, 3.63) is 18.2 Å². The largest absolute Gasteiger partial charge is 0.480 e. The number of H-pyrrole nitrogens is 1. The van der Waals surface area contributed by atoms with E-state index >= 15 is 0 Å². The number of nitrogens with two attached hydrogens (primary N) is 1. The maximum absolute atomic E-state index is 11.5. The van der Waals surface area contributed by atoms with Crippen LogP contribution in [0.4, 0.5) is 4.79 Å². The molecule has 1 heterocycles. The fourth-order valence-corrected chi connectivity index (χ4v) is 1.44. The van der Waals surface area contributed by atoms with Gasteiger partial charge in [-0.1, -0.05) is 0 Å². The van der Waals surface area contributed by atoms with Crippen LogP contribution in [0.15, 0.2) is 12.5 Å². The Kier molecular flexibility index (Phi) is 6.68. The monoisotopic (exact) mass is 299 g/mol. The van der Waals surface area contributed by atoms with E-state index in [1.807, 2.05) is 0 Å². The Balaban J connectivity index is 2.29. The van der Waals surface area contributed by atoms with Gasteiger partial charge in [0.05, 0.1) is 12.9 Å². The summed E-state index contributed by atoms with van der Waals surface area (Å²) in [5.74, 6) is -1.77. The first-order chi connectivity index (χ1) is 9.99. The van der Waals surface area contributed by atoms with Gasteiger partial charge in [0.2, 0.25) is 5.91 Å². The molecule has 0 aliphatic carbocycles. The fraction of sp³-hybridized carbons (Fsp3) is 0.455. The van der Waals surface area contributed by atoms with Gasteiger partial charge >= 0.3 is 12.0 Å². The van der Waals surface area contributed by atoms with E-state index in [1.165, 1.54) is 12.5 Å². The standard InChI is InChI=1S/C11H17N5O5/c12-9(17)5-21-2-1-14-11(20)16-8(10(18)19)3-7-4-13-6-15-7/h4,6,8H,1-3,5H2,(H2,12,17)(H,13,15)(H,18,19)(H2,14,16,20)/t8-/m1/s1. The minimum atomic E-state index is -1.16. The third-order valence-electron chi connectivity index (χ3n) is 2.36. The molecule has 0 aliphatic heterocycles. The summed E-state index contributed by atoms with van der Waals surface area (Å²) in [5, 5.41) is 13.8. The van der Waals surface area contributed by atoms with E-state index < -0.39 is 23.9 Å². The van der Waals surface area contributed by atoms with Crippen LogP contribution in [-0.2, 0) is 20.7 Å². The minimum Gasteiger partial charge on any atom is -0.480 e. The average molecular weight is 299 g/mol. The Bertz CT molecular complexity index is 475. The van der Waals surface area contributed by atoms with Crippen LogP contribution >= 0.6 is 0 Å². The summed E-state index contributed by atoms with van der Waals surface area (Å²) in [5.41, 5.74) is 5.45. The Hall–Kier alpha value is -2.62. The molecular formula is C11H17N5O5. The lowest BCUT2D eigenvalue weighted by Crippen LogP contribution is -2.47. The summed E-state index contributed by atoms with van der Waals surface area (Å²) in [6, 6.07) is -1.73. The van der Waals surface area contributed by atoms with Gasteiger partial charge in [0, 0.05) is 24.9 Å². The topological polar surface area (TPSA) is 159 Å². The molecule has 3 amide bonds. The van der Waals surface area contributed by atoms with Crippen molar-refractivity contribution in [1.82, 2.24) is 20.6 Å². The van der Waals surface area contributed by atoms with E-state index in [0.29, 0.717) is 5.69 Å². The smallest absolute Gasteiger partial charge is 0.326 e. The van der Waals surface area contributed by atoms with Gasteiger partial charge in [-0.2, -0.15) is 0 Å². The molecule has 1 atom stereocenters. The SMILES string of the molecule is NC(=O)COCCNC(=O)N[C@H](Cc1cnc[nH]1)C(=O)O. The number of carboxylic acids is 1. The number of rotatable bonds is 9. The molecule has 0 radical (unpaired) electrons. The van der Waals surface area contributed by atoms with Crippen molar-refractivity contribution in [3.63, 3.8) is 0 Å². The Labute approximate surface area is 120 Å². The van der Waals surface area contributed by atoms with Crippen LogP contribution in [0.3, 0.4) is 0 Å². The first-order valence-electron chi connectivity index (χ1n) is 6.09. The second kappa shape index (κ2) is 8.53. The molecule has 6 N–H and O–H groups in total. The van der Waals surface area contributed by atoms with Gasteiger partial charge in [0.25, 0.3) is 0 Å². The summed E-state index contributed by atoms with van der Waals surface area (Å²) in [7, 11) is 0. The van der Waals surface area contributed by atoms with Crippen LogP contribution in [-0.4, -0.2) is 58.8 Å². The van der Waals surface area contributed by atoms with Crippen LogP contribution in [0.1, 0.15) is 5.69 Å². The first-order valence-corrected chi connectivity index (χ1v) is 6.09.